The minimum atomic E-state index is -0.394. The Morgan fingerprint density at radius 1 is 1.22 bits per heavy atom. The molecule has 1 amide bonds. The molecule has 4 rings (SSSR count). The molecule has 2 aliphatic rings. The number of likely N-dealkylation sites (N-methyl/N-ethyl adjacent to an activating group) is 1. The van der Waals surface area contributed by atoms with Crippen LogP contribution in [0.2, 0.25) is 5.02 Å². The highest BCUT2D eigenvalue weighted by molar-refractivity contribution is 6.32. The van der Waals surface area contributed by atoms with Gasteiger partial charge in [-0.3, -0.25) is 9.69 Å². The molecule has 2 aromatic rings. The number of anilines is 1. The van der Waals surface area contributed by atoms with Crippen molar-refractivity contribution in [1.82, 2.24) is 10.2 Å². The topological polar surface area (TPSA) is 65.0 Å². The monoisotopic (exact) mass is 455 g/mol. The SMILES string of the molecule is CCNC(=O)C1CC=C(c2cc(Cl)c(OC)cc2O)N1c1ccc(CN2CCCC2)cc1. The third kappa shape index (κ3) is 4.57. The maximum absolute atomic E-state index is 12.9. The molecule has 0 aromatic heterocycles. The number of aromatic hydroxyl groups is 1. The summed E-state index contributed by atoms with van der Waals surface area (Å²) >= 11 is 6.36. The number of methoxy groups -OCH3 is 1. The van der Waals surface area contributed by atoms with Gasteiger partial charge in [-0.2, -0.15) is 0 Å². The summed E-state index contributed by atoms with van der Waals surface area (Å²) in [5.41, 5.74) is 3.49. The molecule has 7 heteroatoms. The molecule has 0 radical (unpaired) electrons. The molecule has 1 saturated heterocycles. The molecule has 0 saturated carbocycles. The average Bonchev–Trinajstić information content (AvgIpc) is 3.46. The molecule has 32 heavy (non-hydrogen) atoms. The molecule has 0 spiro atoms. The van der Waals surface area contributed by atoms with Gasteiger partial charge in [0.1, 0.15) is 17.5 Å². The number of amides is 1. The Hall–Kier alpha value is -2.70. The maximum Gasteiger partial charge on any atom is 0.243 e. The summed E-state index contributed by atoms with van der Waals surface area (Å²) in [6, 6.07) is 11.2. The van der Waals surface area contributed by atoms with E-state index in [9.17, 15) is 9.90 Å². The zero-order chi connectivity index (χ0) is 22.7. The summed E-state index contributed by atoms with van der Waals surface area (Å²) < 4.78 is 5.22. The molecule has 2 aliphatic heterocycles. The number of likely N-dealkylation sites (tertiary alicyclic amines) is 1. The van der Waals surface area contributed by atoms with Crippen molar-refractivity contribution in [2.45, 2.75) is 38.8 Å². The van der Waals surface area contributed by atoms with E-state index in [0.717, 1.165) is 31.0 Å². The Kier molecular flexibility index (Phi) is 6.92. The van der Waals surface area contributed by atoms with E-state index < -0.39 is 6.04 Å². The molecule has 1 atom stereocenters. The first-order valence-corrected chi connectivity index (χ1v) is 11.5. The normalized spacial score (nSPS) is 18.7. The van der Waals surface area contributed by atoms with Gasteiger partial charge in [0.2, 0.25) is 5.91 Å². The molecule has 0 bridgehead atoms. The number of phenols is 1. The van der Waals surface area contributed by atoms with Gasteiger partial charge >= 0.3 is 0 Å². The van der Waals surface area contributed by atoms with Gasteiger partial charge in [0, 0.05) is 36.1 Å². The molecule has 0 aliphatic carbocycles. The van der Waals surface area contributed by atoms with E-state index in [2.05, 4.69) is 34.5 Å². The molecule has 2 heterocycles. The lowest BCUT2D eigenvalue weighted by Gasteiger charge is -2.30. The summed E-state index contributed by atoms with van der Waals surface area (Å²) in [4.78, 5) is 17.3. The number of ether oxygens (including phenoxy) is 1. The van der Waals surface area contributed by atoms with Gasteiger partial charge in [0.05, 0.1) is 12.1 Å². The van der Waals surface area contributed by atoms with Crippen molar-refractivity contribution in [3.63, 3.8) is 0 Å². The lowest BCUT2D eigenvalue weighted by molar-refractivity contribution is -0.121. The van der Waals surface area contributed by atoms with Gasteiger partial charge in [-0.25, -0.2) is 0 Å². The molecule has 1 unspecified atom stereocenters. The van der Waals surface area contributed by atoms with Crippen LogP contribution in [-0.4, -0.2) is 48.7 Å². The number of hydrogen-bond donors (Lipinski definition) is 2. The number of carbonyl (C=O) groups is 1. The summed E-state index contributed by atoms with van der Waals surface area (Å²) in [5.74, 6) is 0.424. The van der Waals surface area contributed by atoms with E-state index in [-0.39, 0.29) is 11.7 Å². The summed E-state index contributed by atoms with van der Waals surface area (Å²) in [5, 5.41) is 14.0. The number of carbonyl (C=O) groups excluding carboxylic acids is 1. The Balaban J connectivity index is 1.66. The van der Waals surface area contributed by atoms with Gasteiger partial charge in [-0.15, -0.1) is 0 Å². The fourth-order valence-electron chi connectivity index (χ4n) is 4.54. The fourth-order valence-corrected chi connectivity index (χ4v) is 4.78. The van der Waals surface area contributed by atoms with E-state index in [1.165, 1.54) is 31.6 Å². The highest BCUT2D eigenvalue weighted by Gasteiger charge is 2.34. The Bertz CT molecular complexity index is 1000. The second kappa shape index (κ2) is 9.84. The molecule has 170 valence electrons. The predicted octanol–water partition coefficient (Wildman–Crippen LogP) is 4.41. The van der Waals surface area contributed by atoms with Crippen molar-refractivity contribution in [2.75, 3.05) is 31.6 Å². The first-order chi connectivity index (χ1) is 15.5. The van der Waals surface area contributed by atoms with Crippen LogP contribution < -0.4 is 15.0 Å². The van der Waals surface area contributed by atoms with Crippen molar-refractivity contribution in [3.8, 4) is 11.5 Å². The largest absolute Gasteiger partial charge is 0.507 e. The molecule has 2 aromatic carbocycles. The second-order valence-electron chi connectivity index (χ2n) is 8.26. The number of benzene rings is 2. The van der Waals surface area contributed by atoms with Crippen LogP contribution in [0.1, 0.15) is 37.3 Å². The van der Waals surface area contributed by atoms with Crippen LogP contribution >= 0.6 is 11.6 Å². The molecule has 1 fully saturated rings. The standard InChI is InChI=1S/C25H30ClN3O3/c1-3-27-25(31)22-11-10-21(19-14-20(26)24(32-2)15-23(19)30)29(22)18-8-6-17(7-9-18)16-28-12-4-5-13-28/h6-10,14-15,22,30H,3-5,11-13,16H2,1-2H3,(H,27,31). The van der Waals surface area contributed by atoms with Crippen molar-refractivity contribution >= 4 is 28.9 Å². The van der Waals surface area contributed by atoms with Crippen LogP contribution in [0.3, 0.4) is 0 Å². The second-order valence-corrected chi connectivity index (χ2v) is 8.67. The summed E-state index contributed by atoms with van der Waals surface area (Å²) in [7, 11) is 1.51. The molecular formula is C25H30ClN3O3. The van der Waals surface area contributed by atoms with Crippen LogP contribution in [0.5, 0.6) is 11.5 Å². The lowest BCUT2D eigenvalue weighted by Crippen LogP contribution is -2.43. The number of hydrogen-bond acceptors (Lipinski definition) is 5. The van der Waals surface area contributed by atoms with Crippen LogP contribution in [0.15, 0.2) is 42.5 Å². The molecule has 6 nitrogen and oxygen atoms in total. The first-order valence-electron chi connectivity index (χ1n) is 11.2. The van der Waals surface area contributed by atoms with Crippen molar-refractivity contribution in [3.05, 3.63) is 58.6 Å². The highest BCUT2D eigenvalue weighted by Crippen LogP contribution is 2.42. The van der Waals surface area contributed by atoms with Crippen LogP contribution in [0, 0.1) is 0 Å². The van der Waals surface area contributed by atoms with Crippen LogP contribution in [0.4, 0.5) is 5.69 Å². The minimum Gasteiger partial charge on any atom is -0.507 e. The van der Waals surface area contributed by atoms with Crippen molar-refractivity contribution < 1.29 is 14.6 Å². The number of phenolic OH excluding ortho intramolecular Hbond substituents is 1. The van der Waals surface area contributed by atoms with Gasteiger partial charge in [0.25, 0.3) is 0 Å². The smallest absolute Gasteiger partial charge is 0.243 e. The first kappa shape index (κ1) is 22.5. The van der Waals surface area contributed by atoms with E-state index in [4.69, 9.17) is 16.3 Å². The van der Waals surface area contributed by atoms with E-state index in [1.54, 1.807) is 6.07 Å². The quantitative estimate of drug-likeness (QED) is 0.647. The van der Waals surface area contributed by atoms with Gasteiger partial charge in [-0.05, 0) is 63.0 Å². The van der Waals surface area contributed by atoms with E-state index in [0.29, 0.717) is 29.3 Å². The van der Waals surface area contributed by atoms with Crippen molar-refractivity contribution in [2.24, 2.45) is 0 Å². The lowest BCUT2D eigenvalue weighted by atomic mass is 10.1. The third-order valence-electron chi connectivity index (χ3n) is 6.12. The zero-order valence-corrected chi connectivity index (χ0v) is 19.4. The van der Waals surface area contributed by atoms with E-state index >= 15 is 0 Å². The zero-order valence-electron chi connectivity index (χ0n) is 18.6. The highest BCUT2D eigenvalue weighted by atomic mass is 35.5. The third-order valence-corrected chi connectivity index (χ3v) is 6.42. The van der Waals surface area contributed by atoms with Gasteiger partial charge in [0.15, 0.2) is 0 Å². The Morgan fingerprint density at radius 3 is 2.59 bits per heavy atom. The van der Waals surface area contributed by atoms with Crippen LogP contribution in [0.25, 0.3) is 5.70 Å². The molecular weight excluding hydrogens is 426 g/mol. The molecule has 2 N–H and O–H groups in total. The minimum absolute atomic E-state index is 0.0426. The van der Waals surface area contributed by atoms with Gasteiger partial charge < -0.3 is 20.1 Å². The number of nitrogens with one attached hydrogen (secondary N) is 1. The fraction of sp³-hybridized carbons (Fsp3) is 0.400. The number of rotatable bonds is 7. The van der Waals surface area contributed by atoms with Crippen LogP contribution in [-0.2, 0) is 11.3 Å². The Morgan fingerprint density at radius 2 is 1.94 bits per heavy atom. The predicted molar refractivity (Wildman–Crippen MR) is 128 cm³/mol. The van der Waals surface area contributed by atoms with Gasteiger partial charge in [-0.1, -0.05) is 29.8 Å². The summed E-state index contributed by atoms with van der Waals surface area (Å²) in [6.07, 6.45) is 5.06. The summed E-state index contributed by atoms with van der Waals surface area (Å²) in [6.45, 7) is 5.72. The number of nitrogens with zero attached hydrogens (tertiary/aromatic N) is 2. The number of halogens is 1. The maximum atomic E-state index is 12.9. The average molecular weight is 456 g/mol. The Labute approximate surface area is 194 Å². The van der Waals surface area contributed by atoms with E-state index in [1.807, 2.05) is 17.9 Å². The van der Waals surface area contributed by atoms with Crippen molar-refractivity contribution in [1.29, 1.82) is 0 Å².